The maximum Gasteiger partial charge on any atom is 0.338 e. The van der Waals surface area contributed by atoms with Gasteiger partial charge in [0.1, 0.15) is 5.82 Å². The molecule has 0 radical (unpaired) electrons. The van der Waals surface area contributed by atoms with Crippen molar-refractivity contribution in [3.63, 3.8) is 0 Å². The Bertz CT molecular complexity index is 1410. The Balaban J connectivity index is 1.41. The zero-order valence-corrected chi connectivity index (χ0v) is 19.1. The van der Waals surface area contributed by atoms with Gasteiger partial charge < -0.3 is 15.0 Å². The summed E-state index contributed by atoms with van der Waals surface area (Å²) in [5, 5.41) is 7.02. The fourth-order valence-corrected chi connectivity index (χ4v) is 3.46. The van der Waals surface area contributed by atoms with E-state index in [0.29, 0.717) is 23.1 Å². The number of aromatic nitrogens is 6. The van der Waals surface area contributed by atoms with E-state index in [1.807, 2.05) is 19.9 Å². The lowest BCUT2D eigenvalue weighted by molar-refractivity contribution is -0.119. The van der Waals surface area contributed by atoms with Gasteiger partial charge in [0.2, 0.25) is 0 Å². The van der Waals surface area contributed by atoms with E-state index in [0.717, 1.165) is 17.1 Å². The van der Waals surface area contributed by atoms with E-state index >= 15 is 0 Å². The summed E-state index contributed by atoms with van der Waals surface area (Å²) in [6, 6.07) is 9.83. The summed E-state index contributed by atoms with van der Waals surface area (Å²) < 4.78 is 8.05. The van der Waals surface area contributed by atoms with Gasteiger partial charge in [0.25, 0.3) is 11.9 Å². The van der Waals surface area contributed by atoms with E-state index in [2.05, 4.69) is 25.4 Å². The zero-order chi connectivity index (χ0) is 24.4. The Hall–Kier alpha value is -4.54. The van der Waals surface area contributed by atoms with Crippen LogP contribution >= 0.6 is 0 Å². The van der Waals surface area contributed by atoms with Crippen molar-refractivity contribution in [3.05, 3.63) is 81.4 Å². The number of hydrogen-bond acceptors (Lipinski definition) is 7. The SMILES string of the molecule is Cc1cc(C)nc(-n2nc(C)cc2NC(=O)COC(=O)c2ccc(-n3c(C)c[nH]c3=O)cc2)n1. The number of rotatable bonds is 6. The van der Waals surface area contributed by atoms with Crippen molar-refractivity contribution in [2.24, 2.45) is 0 Å². The first-order valence-electron chi connectivity index (χ1n) is 10.4. The molecule has 34 heavy (non-hydrogen) atoms. The minimum absolute atomic E-state index is 0.252. The van der Waals surface area contributed by atoms with E-state index in [1.54, 1.807) is 38.2 Å². The Kier molecular flexibility index (Phi) is 6.09. The number of aromatic amines is 1. The molecular formula is C23H23N7O4. The maximum absolute atomic E-state index is 12.4. The van der Waals surface area contributed by atoms with Crippen molar-refractivity contribution >= 4 is 17.7 Å². The number of anilines is 1. The second-order valence-corrected chi connectivity index (χ2v) is 7.78. The van der Waals surface area contributed by atoms with Gasteiger partial charge in [-0.05, 0) is 58.0 Å². The van der Waals surface area contributed by atoms with Crippen LogP contribution in [-0.2, 0) is 9.53 Å². The van der Waals surface area contributed by atoms with Gasteiger partial charge in [-0.2, -0.15) is 9.78 Å². The number of amides is 1. The first-order chi connectivity index (χ1) is 16.2. The number of aryl methyl sites for hydroxylation is 4. The van der Waals surface area contributed by atoms with Crippen molar-refractivity contribution in [2.75, 3.05) is 11.9 Å². The predicted molar refractivity (Wildman–Crippen MR) is 123 cm³/mol. The van der Waals surface area contributed by atoms with E-state index in [9.17, 15) is 14.4 Å². The van der Waals surface area contributed by atoms with E-state index in [4.69, 9.17) is 4.74 Å². The van der Waals surface area contributed by atoms with Crippen LogP contribution in [0.1, 0.15) is 33.1 Å². The molecule has 3 heterocycles. The summed E-state index contributed by atoms with van der Waals surface area (Å²) >= 11 is 0. The molecule has 1 aromatic carbocycles. The van der Waals surface area contributed by atoms with Gasteiger partial charge in [-0.3, -0.25) is 9.36 Å². The Morgan fingerprint density at radius 2 is 1.68 bits per heavy atom. The molecule has 0 saturated carbocycles. The zero-order valence-electron chi connectivity index (χ0n) is 19.1. The lowest BCUT2D eigenvalue weighted by Gasteiger charge is -2.09. The van der Waals surface area contributed by atoms with Crippen molar-refractivity contribution in [2.45, 2.75) is 27.7 Å². The highest BCUT2D eigenvalue weighted by atomic mass is 16.5. The lowest BCUT2D eigenvalue weighted by Crippen LogP contribution is -2.23. The van der Waals surface area contributed by atoms with Gasteiger partial charge >= 0.3 is 11.7 Å². The fraction of sp³-hybridized carbons (Fsp3) is 0.217. The average molecular weight is 461 g/mol. The monoisotopic (exact) mass is 461 g/mol. The van der Waals surface area contributed by atoms with Crippen LogP contribution in [0.3, 0.4) is 0 Å². The number of benzene rings is 1. The molecule has 0 unspecified atom stereocenters. The molecule has 11 heteroatoms. The highest BCUT2D eigenvalue weighted by Gasteiger charge is 2.16. The summed E-state index contributed by atoms with van der Waals surface area (Å²) in [5.74, 6) is -0.512. The molecule has 0 aliphatic carbocycles. The lowest BCUT2D eigenvalue weighted by atomic mass is 10.2. The first-order valence-corrected chi connectivity index (χ1v) is 10.4. The number of esters is 1. The molecule has 0 aliphatic rings. The largest absolute Gasteiger partial charge is 0.452 e. The molecule has 0 aliphatic heterocycles. The number of H-pyrrole nitrogens is 1. The summed E-state index contributed by atoms with van der Waals surface area (Å²) in [5.41, 5.74) is 3.52. The molecule has 0 saturated heterocycles. The molecule has 2 N–H and O–H groups in total. The molecule has 0 fully saturated rings. The van der Waals surface area contributed by atoms with Crippen LogP contribution < -0.4 is 11.0 Å². The number of carbonyl (C=O) groups is 2. The summed E-state index contributed by atoms with van der Waals surface area (Å²) in [6.45, 7) is 6.77. The smallest absolute Gasteiger partial charge is 0.338 e. The second kappa shape index (κ2) is 9.14. The third-order valence-electron chi connectivity index (χ3n) is 4.91. The number of nitrogens with one attached hydrogen (secondary N) is 2. The quantitative estimate of drug-likeness (QED) is 0.420. The Morgan fingerprint density at radius 1 is 1.00 bits per heavy atom. The van der Waals surface area contributed by atoms with Crippen LogP contribution in [0.25, 0.3) is 11.6 Å². The van der Waals surface area contributed by atoms with Crippen molar-refractivity contribution in [1.29, 1.82) is 0 Å². The van der Waals surface area contributed by atoms with Crippen molar-refractivity contribution < 1.29 is 14.3 Å². The van der Waals surface area contributed by atoms with E-state index in [-0.39, 0.29) is 11.3 Å². The number of imidazole rings is 1. The maximum atomic E-state index is 12.4. The highest BCUT2D eigenvalue weighted by Crippen LogP contribution is 2.16. The molecule has 0 atom stereocenters. The molecule has 0 spiro atoms. The molecule has 4 rings (SSSR count). The number of ether oxygens (including phenoxy) is 1. The van der Waals surface area contributed by atoms with Crippen LogP contribution in [0.2, 0.25) is 0 Å². The predicted octanol–water partition coefficient (Wildman–Crippen LogP) is 2.17. The second-order valence-electron chi connectivity index (χ2n) is 7.78. The van der Waals surface area contributed by atoms with Crippen LogP contribution in [0, 0.1) is 27.7 Å². The molecule has 4 aromatic rings. The molecule has 0 bridgehead atoms. The van der Waals surface area contributed by atoms with Crippen LogP contribution in [0.4, 0.5) is 5.82 Å². The van der Waals surface area contributed by atoms with E-state index < -0.39 is 18.5 Å². The van der Waals surface area contributed by atoms with Gasteiger partial charge in [-0.1, -0.05) is 0 Å². The van der Waals surface area contributed by atoms with Gasteiger partial charge in [0.05, 0.1) is 16.9 Å². The van der Waals surface area contributed by atoms with Gasteiger partial charge in [0.15, 0.2) is 6.61 Å². The topological polar surface area (TPSA) is 137 Å². The minimum Gasteiger partial charge on any atom is -0.452 e. The van der Waals surface area contributed by atoms with E-state index in [1.165, 1.54) is 21.4 Å². The standard InChI is InChI=1S/C23H23N7O4/c1-13-9-14(2)26-22(25-13)30-19(10-15(3)28-30)27-20(31)12-34-21(32)17-5-7-18(8-6-17)29-16(4)11-24-23(29)33/h5-11H,12H2,1-4H3,(H,24,33)(H,27,31). The number of hydrogen-bond donors (Lipinski definition) is 2. The number of carbonyl (C=O) groups excluding carboxylic acids is 2. The summed E-state index contributed by atoms with van der Waals surface area (Å²) in [4.78, 5) is 48.1. The van der Waals surface area contributed by atoms with Gasteiger partial charge in [-0.15, -0.1) is 0 Å². The van der Waals surface area contributed by atoms with Crippen LogP contribution in [-0.4, -0.2) is 47.8 Å². The molecule has 174 valence electrons. The van der Waals surface area contributed by atoms with Crippen molar-refractivity contribution in [1.82, 2.24) is 29.3 Å². The minimum atomic E-state index is -0.665. The third kappa shape index (κ3) is 4.77. The molecule has 1 amide bonds. The fourth-order valence-electron chi connectivity index (χ4n) is 3.46. The molecule has 3 aromatic heterocycles. The normalized spacial score (nSPS) is 10.8. The summed E-state index contributed by atoms with van der Waals surface area (Å²) in [6.07, 6.45) is 1.60. The Morgan fingerprint density at radius 3 is 2.29 bits per heavy atom. The molecular weight excluding hydrogens is 438 g/mol. The van der Waals surface area contributed by atoms with Gasteiger partial charge in [0, 0.05) is 29.3 Å². The van der Waals surface area contributed by atoms with Crippen molar-refractivity contribution in [3.8, 4) is 11.6 Å². The first kappa shape index (κ1) is 22.6. The third-order valence-corrected chi connectivity index (χ3v) is 4.91. The van der Waals surface area contributed by atoms with Gasteiger partial charge in [-0.25, -0.2) is 19.6 Å². The molecule has 11 nitrogen and oxygen atoms in total. The number of nitrogens with zero attached hydrogens (tertiary/aromatic N) is 5. The highest BCUT2D eigenvalue weighted by molar-refractivity contribution is 5.95. The summed E-state index contributed by atoms with van der Waals surface area (Å²) in [7, 11) is 0. The average Bonchev–Trinajstić information content (AvgIpc) is 3.32. The van der Waals surface area contributed by atoms with Crippen LogP contribution in [0.5, 0.6) is 0 Å². The Labute approximate surface area is 194 Å². The van der Waals surface area contributed by atoms with Crippen LogP contribution in [0.15, 0.2) is 47.4 Å².